The van der Waals surface area contributed by atoms with Crippen molar-refractivity contribution in [3.05, 3.63) is 81.5 Å². The fourth-order valence-electron chi connectivity index (χ4n) is 3.38. The normalized spacial score (nSPS) is 13.3. The number of hydrogen-bond acceptors (Lipinski definition) is 5. The van der Waals surface area contributed by atoms with Gasteiger partial charge in [-0.05, 0) is 66.1 Å². The van der Waals surface area contributed by atoms with E-state index in [1.807, 2.05) is 30.3 Å². The Kier molecular flexibility index (Phi) is 5.18. The molecule has 0 fully saturated rings. The van der Waals surface area contributed by atoms with E-state index in [1.165, 1.54) is 18.4 Å². The lowest BCUT2D eigenvalue weighted by atomic mass is 10.1. The minimum absolute atomic E-state index is 0.0615. The third-order valence-corrected chi connectivity index (χ3v) is 6.01. The van der Waals surface area contributed by atoms with Gasteiger partial charge in [0.25, 0.3) is 5.91 Å². The molecule has 2 N–H and O–H groups in total. The molecular formula is C23H20N2O3S. The highest BCUT2D eigenvalue weighted by Gasteiger charge is 2.23. The maximum Gasteiger partial charge on any atom is 0.348 e. The number of rotatable bonds is 3. The summed E-state index contributed by atoms with van der Waals surface area (Å²) in [6.07, 6.45) is 2.77. The molecule has 1 aromatic heterocycles. The third-order valence-electron chi connectivity index (χ3n) is 4.87. The van der Waals surface area contributed by atoms with Crippen LogP contribution in [0.15, 0.2) is 60.7 Å². The number of methoxy groups -OCH3 is 1. The second-order valence-electron chi connectivity index (χ2n) is 6.71. The Labute approximate surface area is 173 Å². The van der Waals surface area contributed by atoms with Gasteiger partial charge >= 0.3 is 5.97 Å². The van der Waals surface area contributed by atoms with Crippen LogP contribution < -0.4 is 10.6 Å². The Hall–Kier alpha value is -3.38. The number of para-hydroxylation sites is 1. The van der Waals surface area contributed by atoms with Crippen molar-refractivity contribution in [2.45, 2.75) is 6.42 Å². The topological polar surface area (TPSA) is 72.6 Å². The van der Waals surface area contributed by atoms with Gasteiger partial charge in [-0.2, -0.15) is 0 Å². The van der Waals surface area contributed by atoms with Crippen molar-refractivity contribution in [1.29, 1.82) is 0 Å². The molecule has 0 bridgehead atoms. The zero-order chi connectivity index (χ0) is 20.4. The highest BCUT2D eigenvalue weighted by molar-refractivity contribution is 7.15. The largest absolute Gasteiger partial charge is 0.465 e. The van der Waals surface area contributed by atoms with E-state index in [0.717, 1.165) is 21.7 Å². The molecule has 0 unspecified atom stereocenters. The molecule has 146 valence electrons. The summed E-state index contributed by atoms with van der Waals surface area (Å²) in [4.78, 5) is 28.4. The van der Waals surface area contributed by atoms with Gasteiger partial charge in [-0.15, -0.1) is 11.3 Å². The van der Waals surface area contributed by atoms with Gasteiger partial charge in [0, 0.05) is 22.7 Å². The predicted molar refractivity (Wildman–Crippen MR) is 117 cm³/mol. The first-order valence-corrected chi connectivity index (χ1v) is 10.0. The smallest absolute Gasteiger partial charge is 0.348 e. The Balaban J connectivity index is 1.68. The van der Waals surface area contributed by atoms with Crippen LogP contribution in [0.4, 0.5) is 11.4 Å². The molecule has 1 aliphatic heterocycles. The van der Waals surface area contributed by atoms with Crippen molar-refractivity contribution in [2.75, 3.05) is 24.3 Å². The van der Waals surface area contributed by atoms with Gasteiger partial charge in [0.15, 0.2) is 0 Å². The number of thiophene rings is 1. The molecule has 4 rings (SSSR count). The zero-order valence-electron chi connectivity index (χ0n) is 15.9. The number of nitrogens with zero attached hydrogens (tertiary/aromatic N) is 1. The Bertz CT molecular complexity index is 1100. The fourth-order valence-corrected chi connectivity index (χ4v) is 4.34. The number of amides is 1. The molecule has 1 aliphatic rings. The maximum absolute atomic E-state index is 13.2. The quantitative estimate of drug-likeness (QED) is 0.507. The molecule has 0 atom stereocenters. The van der Waals surface area contributed by atoms with E-state index < -0.39 is 0 Å². The van der Waals surface area contributed by atoms with Crippen molar-refractivity contribution in [1.82, 2.24) is 0 Å². The molecule has 6 heteroatoms. The van der Waals surface area contributed by atoms with E-state index in [4.69, 9.17) is 10.5 Å². The van der Waals surface area contributed by atoms with Crippen molar-refractivity contribution in [3.63, 3.8) is 0 Å². The van der Waals surface area contributed by atoms with Gasteiger partial charge in [0.1, 0.15) is 4.88 Å². The van der Waals surface area contributed by atoms with Crippen LogP contribution in [-0.4, -0.2) is 25.5 Å². The van der Waals surface area contributed by atoms with E-state index in [9.17, 15) is 9.59 Å². The van der Waals surface area contributed by atoms with Gasteiger partial charge < -0.3 is 15.4 Å². The van der Waals surface area contributed by atoms with Crippen LogP contribution >= 0.6 is 11.3 Å². The van der Waals surface area contributed by atoms with Crippen molar-refractivity contribution < 1.29 is 14.3 Å². The first kappa shape index (κ1) is 19.0. The number of carbonyl (C=O) groups excluding carboxylic acids is 2. The van der Waals surface area contributed by atoms with Gasteiger partial charge in [0.2, 0.25) is 0 Å². The molecule has 0 saturated heterocycles. The van der Waals surface area contributed by atoms with Crippen LogP contribution in [0.3, 0.4) is 0 Å². The Morgan fingerprint density at radius 3 is 2.55 bits per heavy atom. The molecule has 29 heavy (non-hydrogen) atoms. The van der Waals surface area contributed by atoms with Gasteiger partial charge in [-0.3, -0.25) is 4.79 Å². The minimum atomic E-state index is -0.337. The minimum Gasteiger partial charge on any atom is -0.465 e. The summed E-state index contributed by atoms with van der Waals surface area (Å²) in [6, 6.07) is 18.5. The molecule has 0 spiro atoms. The number of benzene rings is 2. The van der Waals surface area contributed by atoms with E-state index in [-0.39, 0.29) is 11.9 Å². The number of carbonyl (C=O) groups is 2. The molecule has 3 aromatic rings. The summed E-state index contributed by atoms with van der Waals surface area (Å²) in [6.45, 7) is 0.539. The number of anilines is 2. The monoisotopic (exact) mass is 404 g/mol. The summed E-state index contributed by atoms with van der Waals surface area (Å²) in [5.41, 5.74) is 9.91. The zero-order valence-corrected chi connectivity index (χ0v) is 16.7. The predicted octanol–water partition coefficient (Wildman–Crippen LogP) is 4.71. The molecule has 2 heterocycles. The number of fused-ring (bicyclic) bond motifs is 1. The van der Waals surface area contributed by atoms with Gasteiger partial charge in [-0.1, -0.05) is 18.2 Å². The van der Waals surface area contributed by atoms with Crippen LogP contribution in [0.5, 0.6) is 0 Å². The first-order chi connectivity index (χ1) is 14.1. The standard InChI is InChI=1S/C23H20N2O3S/c1-28-23(27)21-11-10-20(29-21)17-12-13-25(19-5-3-2-4-16(19)14-17)22(26)15-6-8-18(24)9-7-15/h2-11,14H,12-13,24H2,1H3. The van der Waals surface area contributed by atoms with Crippen molar-refractivity contribution >= 4 is 46.2 Å². The van der Waals surface area contributed by atoms with E-state index >= 15 is 0 Å². The van der Waals surface area contributed by atoms with E-state index in [1.54, 1.807) is 35.2 Å². The van der Waals surface area contributed by atoms with Crippen molar-refractivity contribution in [3.8, 4) is 0 Å². The average molecular weight is 404 g/mol. The maximum atomic E-state index is 13.2. The molecule has 5 nitrogen and oxygen atoms in total. The lowest BCUT2D eigenvalue weighted by molar-refractivity contribution is 0.0606. The first-order valence-electron chi connectivity index (χ1n) is 9.22. The molecule has 0 saturated carbocycles. The third kappa shape index (κ3) is 3.79. The second-order valence-corrected chi connectivity index (χ2v) is 7.80. The SMILES string of the molecule is COC(=O)c1ccc(C2=Cc3ccccc3N(C(=O)c3ccc(N)cc3)CC2)s1. The van der Waals surface area contributed by atoms with Crippen molar-refractivity contribution in [2.24, 2.45) is 0 Å². The number of ether oxygens (including phenoxy) is 1. The summed E-state index contributed by atoms with van der Waals surface area (Å²) < 4.78 is 4.81. The molecule has 2 aromatic carbocycles. The molecule has 0 radical (unpaired) electrons. The Morgan fingerprint density at radius 2 is 1.79 bits per heavy atom. The Morgan fingerprint density at radius 1 is 1.03 bits per heavy atom. The molecular weight excluding hydrogens is 384 g/mol. The number of nitrogens with two attached hydrogens (primary N) is 1. The molecule has 1 amide bonds. The van der Waals surface area contributed by atoms with Crippen LogP contribution in [0, 0.1) is 0 Å². The molecule has 0 aliphatic carbocycles. The van der Waals surface area contributed by atoms with Crippen LogP contribution in [0.1, 0.15) is 36.9 Å². The van der Waals surface area contributed by atoms with E-state index in [0.29, 0.717) is 29.1 Å². The summed E-state index contributed by atoms with van der Waals surface area (Å²) in [5, 5.41) is 0. The summed E-state index contributed by atoms with van der Waals surface area (Å²) in [7, 11) is 1.38. The lowest BCUT2D eigenvalue weighted by Crippen LogP contribution is -2.32. The summed E-state index contributed by atoms with van der Waals surface area (Å²) in [5.74, 6) is -0.399. The second kappa shape index (κ2) is 7.93. The van der Waals surface area contributed by atoms with Crippen LogP contribution in [-0.2, 0) is 4.74 Å². The average Bonchev–Trinajstić information content (AvgIpc) is 3.15. The number of hydrogen-bond donors (Lipinski definition) is 1. The fraction of sp³-hybridized carbons (Fsp3) is 0.130. The van der Waals surface area contributed by atoms with Crippen LogP contribution in [0.25, 0.3) is 11.6 Å². The van der Waals surface area contributed by atoms with Gasteiger partial charge in [-0.25, -0.2) is 4.79 Å². The van der Waals surface area contributed by atoms with E-state index in [2.05, 4.69) is 6.08 Å². The van der Waals surface area contributed by atoms with Crippen LogP contribution in [0.2, 0.25) is 0 Å². The van der Waals surface area contributed by atoms with Gasteiger partial charge in [0.05, 0.1) is 12.8 Å². The highest BCUT2D eigenvalue weighted by atomic mass is 32.1. The number of nitrogen functional groups attached to an aromatic ring is 1. The lowest BCUT2D eigenvalue weighted by Gasteiger charge is -2.23. The highest BCUT2D eigenvalue weighted by Crippen LogP contribution is 2.35. The number of esters is 1. The summed E-state index contributed by atoms with van der Waals surface area (Å²) >= 11 is 1.40.